The van der Waals surface area contributed by atoms with Crippen LogP contribution in [0.15, 0.2) is 42.6 Å². The second kappa shape index (κ2) is 10.5. The zero-order chi connectivity index (χ0) is 27.6. The van der Waals surface area contributed by atoms with E-state index < -0.39 is 23.7 Å². The van der Waals surface area contributed by atoms with Gasteiger partial charge < -0.3 is 20.6 Å². The van der Waals surface area contributed by atoms with Gasteiger partial charge in [0, 0.05) is 30.9 Å². The van der Waals surface area contributed by atoms with Gasteiger partial charge in [-0.15, -0.1) is 0 Å². The van der Waals surface area contributed by atoms with E-state index in [1.807, 2.05) is 13.0 Å². The first-order valence-electron chi connectivity index (χ1n) is 12.4. The minimum Gasteiger partial charge on any atom is -0.476 e. The molecule has 0 radical (unpaired) electrons. The molecule has 1 aliphatic rings. The van der Waals surface area contributed by atoms with Gasteiger partial charge in [-0.05, 0) is 70.4 Å². The van der Waals surface area contributed by atoms with E-state index in [1.54, 1.807) is 69.2 Å². The normalized spacial score (nSPS) is 15.3. The number of likely N-dealkylation sites (tertiary alicyclic amines) is 1. The topological polar surface area (TPSA) is 139 Å². The predicted octanol–water partition coefficient (Wildman–Crippen LogP) is 4.45. The lowest BCUT2D eigenvalue weighted by Gasteiger charge is -2.28. The number of nitrogens with zero attached hydrogens (tertiary/aromatic N) is 4. The number of amides is 2. The van der Waals surface area contributed by atoms with Crippen LogP contribution < -0.4 is 10.7 Å². The van der Waals surface area contributed by atoms with Crippen LogP contribution in [0.3, 0.4) is 0 Å². The fourth-order valence-corrected chi connectivity index (χ4v) is 4.43. The number of nitrogens with one attached hydrogen (secondary N) is 2. The van der Waals surface area contributed by atoms with Crippen LogP contribution in [-0.4, -0.2) is 61.8 Å². The second-order valence-corrected chi connectivity index (χ2v) is 10.1. The summed E-state index contributed by atoms with van der Waals surface area (Å²) in [5.74, 6) is -0.679. The second-order valence-electron chi connectivity index (χ2n) is 10.1. The number of benzene rings is 1. The van der Waals surface area contributed by atoms with Crippen LogP contribution in [0.4, 0.5) is 10.6 Å². The van der Waals surface area contributed by atoms with Crippen LogP contribution in [0, 0.1) is 6.92 Å². The van der Waals surface area contributed by atoms with Crippen LogP contribution in [-0.2, 0) is 4.74 Å². The molecular weight excluding hydrogens is 488 g/mol. The van der Waals surface area contributed by atoms with Crippen LogP contribution in [0.25, 0.3) is 11.3 Å². The quantitative estimate of drug-likeness (QED) is 0.433. The third kappa shape index (κ3) is 5.61. The maximum Gasteiger partial charge on any atom is 0.410 e. The summed E-state index contributed by atoms with van der Waals surface area (Å²) < 4.78 is 6.97. The third-order valence-electron chi connectivity index (χ3n) is 6.09. The molecule has 11 heteroatoms. The van der Waals surface area contributed by atoms with E-state index >= 15 is 0 Å². The molecule has 11 nitrogen and oxygen atoms in total. The van der Waals surface area contributed by atoms with Crippen LogP contribution in [0.2, 0.25) is 0 Å². The predicted molar refractivity (Wildman–Crippen MR) is 142 cm³/mol. The Morgan fingerprint density at radius 2 is 1.84 bits per heavy atom. The van der Waals surface area contributed by atoms with Crippen molar-refractivity contribution in [2.45, 2.75) is 52.2 Å². The lowest BCUT2D eigenvalue weighted by molar-refractivity contribution is 0.0216. The average molecular weight is 521 g/mol. The Hall–Kier alpha value is -4.41. The molecule has 1 aromatic carbocycles. The molecule has 0 aliphatic carbocycles. The van der Waals surface area contributed by atoms with E-state index in [0.717, 1.165) is 12.0 Å². The number of pyridine rings is 1. The summed E-state index contributed by atoms with van der Waals surface area (Å²) in [7, 11) is 1.60. The molecule has 2 aromatic heterocycles. The van der Waals surface area contributed by atoms with E-state index in [1.165, 1.54) is 4.68 Å². The first kappa shape index (κ1) is 26.6. The van der Waals surface area contributed by atoms with Crippen molar-refractivity contribution in [3.63, 3.8) is 0 Å². The van der Waals surface area contributed by atoms with E-state index in [4.69, 9.17) is 9.72 Å². The van der Waals surface area contributed by atoms with Crippen molar-refractivity contribution in [2.75, 3.05) is 24.3 Å². The lowest BCUT2D eigenvalue weighted by atomic mass is 10.1. The summed E-state index contributed by atoms with van der Waals surface area (Å²) in [6.07, 6.45) is 2.49. The summed E-state index contributed by atoms with van der Waals surface area (Å²) in [5, 5.41) is 12.8. The Morgan fingerprint density at radius 1 is 1.13 bits per heavy atom. The van der Waals surface area contributed by atoms with Crippen molar-refractivity contribution < 1.29 is 24.2 Å². The highest BCUT2D eigenvalue weighted by atomic mass is 16.6. The summed E-state index contributed by atoms with van der Waals surface area (Å²) in [6, 6.07) is 9.65. The first-order valence-corrected chi connectivity index (χ1v) is 12.4. The van der Waals surface area contributed by atoms with Crippen molar-refractivity contribution in [3.05, 3.63) is 65.2 Å². The number of rotatable bonds is 6. The molecule has 2 amide bonds. The molecule has 1 atom stereocenters. The Balaban J connectivity index is 1.65. The van der Waals surface area contributed by atoms with E-state index in [0.29, 0.717) is 35.7 Å². The van der Waals surface area contributed by atoms with E-state index in [2.05, 4.69) is 15.7 Å². The molecule has 38 heavy (non-hydrogen) atoms. The minimum absolute atomic E-state index is 0.0697. The molecule has 1 saturated heterocycles. The lowest BCUT2D eigenvalue weighted by Crippen LogP contribution is -2.37. The zero-order valence-corrected chi connectivity index (χ0v) is 22.1. The van der Waals surface area contributed by atoms with Crippen LogP contribution in [0.5, 0.6) is 0 Å². The molecule has 0 unspecified atom stereocenters. The van der Waals surface area contributed by atoms with Crippen molar-refractivity contribution in [1.82, 2.24) is 19.5 Å². The van der Waals surface area contributed by atoms with E-state index in [9.17, 15) is 19.5 Å². The van der Waals surface area contributed by atoms with Crippen molar-refractivity contribution in [1.29, 1.82) is 0 Å². The number of hydrogen-bond donors (Lipinski definition) is 3. The Bertz CT molecular complexity index is 1360. The maximum atomic E-state index is 12.9. The van der Waals surface area contributed by atoms with Gasteiger partial charge in [-0.1, -0.05) is 12.1 Å². The van der Waals surface area contributed by atoms with E-state index in [-0.39, 0.29) is 17.3 Å². The van der Waals surface area contributed by atoms with Gasteiger partial charge in [0.1, 0.15) is 17.1 Å². The molecule has 0 bridgehead atoms. The fraction of sp³-hybridized carbons (Fsp3) is 0.370. The van der Waals surface area contributed by atoms with Crippen molar-refractivity contribution in [3.8, 4) is 11.3 Å². The van der Waals surface area contributed by atoms with Gasteiger partial charge in [0.2, 0.25) is 0 Å². The number of carbonyl (C=O) groups excluding carboxylic acids is 2. The molecule has 3 aromatic rings. The largest absolute Gasteiger partial charge is 0.476 e. The standard InChI is InChI=1S/C27H32N6O5/c1-16-12-13-29-20(15-16)30-24(34)18-10-8-17(9-11-18)21-22(25(35)36)33(28-5)23(31-21)19-7-6-14-32(19)26(37)38-27(2,3)4/h8-13,15,19,28H,6-7,14H2,1-5H3,(H,35,36)(H,29,30,34)/t19-/m0/s1. The molecule has 4 rings (SSSR count). The van der Waals surface area contributed by atoms with Gasteiger partial charge in [0.05, 0.1) is 6.04 Å². The molecule has 3 N–H and O–H groups in total. The highest BCUT2D eigenvalue weighted by Crippen LogP contribution is 2.35. The fourth-order valence-electron chi connectivity index (χ4n) is 4.43. The summed E-state index contributed by atoms with van der Waals surface area (Å²) in [4.78, 5) is 48.3. The van der Waals surface area contributed by atoms with Crippen LogP contribution >= 0.6 is 0 Å². The van der Waals surface area contributed by atoms with Gasteiger partial charge in [0.15, 0.2) is 11.5 Å². The number of carboxylic acids is 1. The highest BCUT2D eigenvalue weighted by molar-refractivity contribution is 6.04. The number of aromatic nitrogens is 3. The van der Waals surface area contributed by atoms with Gasteiger partial charge in [0.25, 0.3) is 5.91 Å². The smallest absolute Gasteiger partial charge is 0.410 e. The number of imidazole rings is 1. The number of anilines is 1. The number of ether oxygens (including phenoxy) is 1. The molecule has 3 heterocycles. The molecule has 200 valence electrons. The Morgan fingerprint density at radius 3 is 2.45 bits per heavy atom. The summed E-state index contributed by atoms with van der Waals surface area (Å²) in [5.41, 5.74) is 4.27. The molecule has 0 saturated carbocycles. The number of aryl methyl sites for hydroxylation is 1. The number of carboxylic acid groups (broad SMARTS) is 1. The minimum atomic E-state index is -1.18. The first-order chi connectivity index (χ1) is 18.0. The van der Waals surface area contributed by atoms with Gasteiger partial charge >= 0.3 is 12.1 Å². The highest BCUT2D eigenvalue weighted by Gasteiger charge is 2.38. The monoisotopic (exact) mass is 520 g/mol. The molecule has 1 fully saturated rings. The maximum absolute atomic E-state index is 12.9. The van der Waals surface area contributed by atoms with Gasteiger partial charge in [-0.3, -0.25) is 9.69 Å². The number of hydrogen-bond acceptors (Lipinski definition) is 7. The molecular formula is C27H32N6O5. The average Bonchev–Trinajstić information content (AvgIpc) is 3.48. The van der Waals surface area contributed by atoms with Crippen molar-refractivity contribution >= 4 is 23.8 Å². The van der Waals surface area contributed by atoms with Crippen LogP contribution in [0.1, 0.15) is 71.9 Å². The Kier molecular flexibility index (Phi) is 7.38. The molecule has 0 spiro atoms. The zero-order valence-electron chi connectivity index (χ0n) is 22.1. The summed E-state index contributed by atoms with van der Waals surface area (Å²) in [6.45, 7) is 7.78. The van der Waals surface area contributed by atoms with Gasteiger partial charge in [-0.25, -0.2) is 24.2 Å². The Labute approximate surface area is 220 Å². The third-order valence-corrected chi connectivity index (χ3v) is 6.09. The van der Waals surface area contributed by atoms with Crippen molar-refractivity contribution in [2.24, 2.45) is 0 Å². The SMILES string of the molecule is CNn1c([C@@H]2CCCN2C(=O)OC(C)(C)C)nc(-c2ccc(C(=O)Nc3cc(C)ccn3)cc2)c1C(=O)O. The number of carbonyl (C=O) groups is 3. The van der Waals surface area contributed by atoms with Gasteiger partial charge in [-0.2, -0.15) is 0 Å². The molecule has 1 aliphatic heterocycles. The number of aromatic carboxylic acids is 1. The summed E-state index contributed by atoms with van der Waals surface area (Å²) >= 11 is 0.